The van der Waals surface area contributed by atoms with Gasteiger partial charge in [-0.1, -0.05) is 18.5 Å². The van der Waals surface area contributed by atoms with Crippen LogP contribution in [0.25, 0.3) is 10.1 Å². The maximum atomic E-state index is 14.1. The molecule has 0 bridgehead atoms. The fourth-order valence-corrected chi connectivity index (χ4v) is 5.12. The summed E-state index contributed by atoms with van der Waals surface area (Å²) in [5, 5.41) is 5.90. The third-order valence-corrected chi connectivity index (χ3v) is 6.88. The summed E-state index contributed by atoms with van der Waals surface area (Å²) in [7, 11) is 1.44. The number of carbonyl (C=O) groups excluding carboxylic acids is 3. The van der Waals surface area contributed by atoms with Crippen molar-refractivity contribution in [2.24, 2.45) is 0 Å². The molecule has 0 radical (unpaired) electrons. The zero-order valence-corrected chi connectivity index (χ0v) is 21.1. The Kier molecular flexibility index (Phi) is 7.18. The molecule has 1 atom stereocenters. The van der Waals surface area contributed by atoms with E-state index >= 15 is 0 Å². The number of benzene rings is 2. The molecule has 4 rings (SSSR count). The van der Waals surface area contributed by atoms with E-state index in [0.717, 1.165) is 11.5 Å². The molecular weight excluding hydrogens is 510 g/mol. The maximum Gasteiger partial charge on any atom is 0.276 e. The predicted octanol–water partition coefficient (Wildman–Crippen LogP) is 5.38. The van der Waals surface area contributed by atoms with Gasteiger partial charge < -0.3 is 15.2 Å². The van der Waals surface area contributed by atoms with Crippen molar-refractivity contribution < 1.29 is 23.2 Å². The maximum absolute atomic E-state index is 14.1. The smallest absolute Gasteiger partial charge is 0.276 e. The van der Waals surface area contributed by atoms with Crippen LogP contribution in [0.3, 0.4) is 0 Å². The Morgan fingerprint density at radius 3 is 2.47 bits per heavy atom. The average molecular weight is 531 g/mol. The molecule has 2 N–H and O–H groups in total. The first-order chi connectivity index (χ1) is 17.1. The second kappa shape index (κ2) is 10.2. The minimum atomic E-state index is -0.633. The van der Waals surface area contributed by atoms with E-state index in [1.165, 1.54) is 61.0 Å². The Morgan fingerprint density at radius 2 is 1.78 bits per heavy atom. The highest BCUT2D eigenvalue weighted by Gasteiger charge is 2.28. The van der Waals surface area contributed by atoms with Gasteiger partial charge in [0.05, 0.1) is 16.9 Å². The first-order valence-electron chi connectivity index (χ1n) is 10.9. The van der Waals surface area contributed by atoms with Gasteiger partial charge in [0, 0.05) is 29.1 Å². The lowest BCUT2D eigenvalue weighted by molar-refractivity contribution is -0.117. The summed E-state index contributed by atoms with van der Waals surface area (Å²) in [5.74, 6) is -3.02. The van der Waals surface area contributed by atoms with Crippen LogP contribution in [0.4, 0.5) is 14.5 Å². The number of nitrogens with zero attached hydrogens (tertiary/aromatic N) is 2. The molecule has 0 saturated carbocycles. The van der Waals surface area contributed by atoms with E-state index in [-0.39, 0.29) is 34.4 Å². The Balaban J connectivity index is 1.87. The molecule has 4 aromatic rings. The van der Waals surface area contributed by atoms with E-state index in [9.17, 15) is 23.2 Å². The molecular formula is C25H21ClF2N4O3S. The van der Waals surface area contributed by atoms with Crippen LogP contribution in [-0.2, 0) is 11.3 Å². The fourth-order valence-electron chi connectivity index (χ4n) is 4.09. The summed E-state index contributed by atoms with van der Waals surface area (Å²) in [5.41, 5.74) is 1.12. The molecule has 0 aliphatic carbocycles. The fraction of sp³-hybridized carbons (Fsp3) is 0.200. The number of hydrogen-bond donors (Lipinski definition) is 2. The number of hydrogen-bond acceptors (Lipinski definition) is 5. The largest absolute Gasteiger partial charge is 0.354 e. The monoisotopic (exact) mass is 530 g/mol. The standard InChI is InChI=1S/C25H21ClF2N4O3S/c1-12(33)11-32-20(24(34)29-3)10-19(23(32)13(2)16-8-14(27)4-6-18(16)26)30-25(35)22-17-9-15(28)5-7-21(17)36-31-22/h4-10,13H,11H2,1-3H3,(H,29,34)(H,30,35)/t13-/m1/s1. The molecule has 2 aromatic carbocycles. The normalized spacial score (nSPS) is 11.9. The van der Waals surface area contributed by atoms with E-state index in [1.807, 2.05) is 0 Å². The summed E-state index contributed by atoms with van der Waals surface area (Å²) in [6, 6.07) is 9.37. The predicted molar refractivity (Wildman–Crippen MR) is 135 cm³/mol. The molecule has 0 saturated heterocycles. The third kappa shape index (κ3) is 4.87. The lowest BCUT2D eigenvalue weighted by Gasteiger charge is -2.20. The highest BCUT2D eigenvalue weighted by molar-refractivity contribution is 7.13. The Bertz CT molecular complexity index is 1510. The van der Waals surface area contributed by atoms with Crippen LogP contribution < -0.4 is 10.6 Å². The molecule has 0 fully saturated rings. The lowest BCUT2D eigenvalue weighted by atomic mass is 9.96. The Morgan fingerprint density at radius 1 is 1.08 bits per heavy atom. The van der Waals surface area contributed by atoms with Gasteiger partial charge in [-0.3, -0.25) is 14.4 Å². The number of halogens is 3. The van der Waals surface area contributed by atoms with Crippen molar-refractivity contribution in [2.45, 2.75) is 26.3 Å². The number of aromatic nitrogens is 2. The van der Waals surface area contributed by atoms with Gasteiger partial charge in [0.15, 0.2) is 0 Å². The minimum Gasteiger partial charge on any atom is -0.354 e. The van der Waals surface area contributed by atoms with Crippen LogP contribution in [0.1, 0.15) is 52.0 Å². The number of anilines is 1. The lowest BCUT2D eigenvalue weighted by Crippen LogP contribution is -2.24. The van der Waals surface area contributed by atoms with Gasteiger partial charge in [-0.05, 0) is 66.5 Å². The first kappa shape index (κ1) is 25.5. The molecule has 11 heteroatoms. The summed E-state index contributed by atoms with van der Waals surface area (Å²) < 4.78 is 34.2. The van der Waals surface area contributed by atoms with Crippen LogP contribution >= 0.6 is 23.1 Å². The summed E-state index contributed by atoms with van der Waals surface area (Å²) in [4.78, 5) is 38.1. The highest BCUT2D eigenvalue weighted by atomic mass is 35.5. The van der Waals surface area contributed by atoms with Crippen LogP contribution in [0.15, 0.2) is 42.5 Å². The zero-order chi connectivity index (χ0) is 26.1. The molecule has 0 spiro atoms. The quantitative estimate of drug-likeness (QED) is 0.335. The average Bonchev–Trinajstić information content (AvgIpc) is 3.40. The van der Waals surface area contributed by atoms with Crippen molar-refractivity contribution in [1.29, 1.82) is 0 Å². The molecule has 2 heterocycles. The van der Waals surface area contributed by atoms with Crippen molar-refractivity contribution in [3.05, 3.63) is 81.8 Å². The van der Waals surface area contributed by atoms with Crippen molar-refractivity contribution in [2.75, 3.05) is 12.4 Å². The van der Waals surface area contributed by atoms with Crippen molar-refractivity contribution in [3.63, 3.8) is 0 Å². The number of Topliss-reactive ketones (excluding diaryl/α,β-unsaturated/α-hetero) is 1. The van der Waals surface area contributed by atoms with Gasteiger partial charge in [0.2, 0.25) is 0 Å². The molecule has 7 nitrogen and oxygen atoms in total. The molecule has 2 amide bonds. The van der Waals surface area contributed by atoms with Gasteiger partial charge in [-0.15, -0.1) is 0 Å². The number of amides is 2. The molecule has 0 aliphatic rings. The topological polar surface area (TPSA) is 93.1 Å². The summed E-state index contributed by atoms with van der Waals surface area (Å²) in [6.45, 7) is 2.92. The number of ketones is 1. The van der Waals surface area contributed by atoms with E-state index in [4.69, 9.17) is 11.6 Å². The van der Waals surface area contributed by atoms with Crippen molar-refractivity contribution in [1.82, 2.24) is 14.3 Å². The van der Waals surface area contributed by atoms with Crippen molar-refractivity contribution >= 4 is 56.5 Å². The van der Waals surface area contributed by atoms with E-state index in [0.29, 0.717) is 21.3 Å². The number of nitrogens with one attached hydrogen (secondary N) is 2. The van der Waals surface area contributed by atoms with Gasteiger partial charge >= 0.3 is 0 Å². The SMILES string of the molecule is CNC(=O)c1cc(NC(=O)c2nsc3ccc(F)cc23)c([C@H](C)c2cc(F)ccc2Cl)n1CC(C)=O. The van der Waals surface area contributed by atoms with Crippen LogP contribution in [0, 0.1) is 11.6 Å². The molecule has 0 aliphatic heterocycles. The molecule has 186 valence electrons. The minimum absolute atomic E-state index is 0.0118. The summed E-state index contributed by atoms with van der Waals surface area (Å²) in [6.07, 6.45) is 0. The van der Waals surface area contributed by atoms with Crippen molar-refractivity contribution in [3.8, 4) is 0 Å². The van der Waals surface area contributed by atoms with Crippen LogP contribution in [0.5, 0.6) is 0 Å². The van der Waals surface area contributed by atoms with Gasteiger partial charge in [0.25, 0.3) is 11.8 Å². The van der Waals surface area contributed by atoms with Gasteiger partial charge in [0.1, 0.15) is 28.8 Å². The number of carbonyl (C=O) groups is 3. The summed E-state index contributed by atoms with van der Waals surface area (Å²) >= 11 is 7.41. The first-order valence-corrected chi connectivity index (χ1v) is 12.0. The Labute approximate surface area is 214 Å². The number of rotatable bonds is 7. The van der Waals surface area contributed by atoms with E-state index in [2.05, 4.69) is 15.0 Å². The van der Waals surface area contributed by atoms with E-state index < -0.39 is 29.4 Å². The molecule has 2 aromatic heterocycles. The zero-order valence-electron chi connectivity index (χ0n) is 19.5. The van der Waals surface area contributed by atoms with E-state index in [1.54, 1.807) is 6.92 Å². The second-order valence-electron chi connectivity index (χ2n) is 8.21. The third-order valence-electron chi connectivity index (χ3n) is 5.71. The van der Waals surface area contributed by atoms with Gasteiger partial charge in [-0.25, -0.2) is 8.78 Å². The van der Waals surface area contributed by atoms with Crippen LogP contribution in [-0.4, -0.2) is 33.6 Å². The number of fused-ring (bicyclic) bond motifs is 1. The van der Waals surface area contributed by atoms with Gasteiger partial charge in [-0.2, -0.15) is 4.37 Å². The molecule has 0 unspecified atom stereocenters. The van der Waals surface area contributed by atoms with Crippen LogP contribution in [0.2, 0.25) is 5.02 Å². The second-order valence-corrected chi connectivity index (χ2v) is 9.42. The molecule has 36 heavy (non-hydrogen) atoms. The highest BCUT2D eigenvalue weighted by Crippen LogP contribution is 2.37. The Hall–Kier alpha value is -3.63.